The predicted octanol–water partition coefficient (Wildman–Crippen LogP) is 2.78. The van der Waals surface area contributed by atoms with Crippen molar-refractivity contribution in [1.82, 2.24) is 5.32 Å². The van der Waals surface area contributed by atoms with E-state index in [0.717, 1.165) is 12.0 Å². The SMILES string of the molecule is CCc1ccc(CC(=O)NCC(O)c2ccc(F)cc2)cc1. The molecule has 4 heteroatoms. The van der Waals surface area contributed by atoms with Crippen molar-refractivity contribution in [3.05, 3.63) is 71.0 Å². The second-order valence-corrected chi connectivity index (χ2v) is 5.22. The molecule has 0 aliphatic carbocycles. The van der Waals surface area contributed by atoms with Gasteiger partial charge in [-0.1, -0.05) is 43.3 Å². The van der Waals surface area contributed by atoms with E-state index in [1.165, 1.54) is 29.8 Å². The Morgan fingerprint density at radius 3 is 2.27 bits per heavy atom. The highest BCUT2D eigenvalue weighted by atomic mass is 19.1. The zero-order valence-electron chi connectivity index (χ0n) is 12.6. The predicted molar refractivity (Wildman–Crippen MR) is 83.9 cm³/mol. The molecular weight excluding hydrogens is 281 g/mol. The minimum atomic E-state index is -0.841. The van der Waals surface area contributed by atoms with Gasteiger partial charge in [0.1, 0.15) is 5.82 Å². The highest BCUT2D eigenvalue weighted by Crippen LogP contribution is 2.12. The number of aliphatic hydroxyl groups is 1. The fraction of sp³-hybridized carbons (Fsp3) is 0.278. The number of carbonyl (C=O) groups excluding carboxylic acids is 1. The third-order valence-electron chi connectivity index (χ3n) is 3.54. The highest BCUT2D eigenvalue weighted by Gasteiger charge is 2.10. The lowest BCUT2D eigenvalue weighted by Crippen LogP contribution is -2.29. The fourth-order valence-electron chi connectivity index (χ4n) is 2.15. The lowest BCUT2D eigenvalue weighted by molar-refractivity contribution is -0.120. The van der Waals surface area contributed by atoms with Crippen LogP contribution in [-0.4, -0.2) is 17.6 Å². The van der Waals surface area contributed by atoms with Crippen molar-refractivity contribution in [2.45, 2.75) is 25.9 Å². The Morgan fingerprint density at radius 2 is 1.68 bits per heavy atom. The molecule has 2 aromatic carbocycles. The number of amides is 1. The van der Waals surface area contributed by atoms with Gasteiger partial charge >= 0.3 is 0 Å². The zero-order chi connectivity index (χ0) is 15.9. The van der Waals surface area contributed by atoms with Crippen LogP contribution in [0.5, 0.6) is 0 Å². The van der Waals surface area contributed by atoms with Crippen LogP contribution in [0.15, 0.2) is 48.5 Å². The Morgan fingerprint density at radius 1 is 1.09 bits per heavy atom. The molecule has 1 atom stereocenters. The maximum atomic E-state index is 12.8. The lowest BCUT2D eigenvalue weighted by atomic mass is 10.1. The number of rotatable bonds is 6. The summed E-state index contributed by atoms with van der Waals surface area (Å²) in [6.45, 7) is 2.19. The van der Waals surface area contributed by atoms with Gasteiger partial charge in [-0.15, -0.1) is 0 Å². The van der Waals surface area contributed by atoms with E-state index in [-0.39, 0.29) is 24.7 Å². The number of hydrogen-bond donors (Lipinski definition) is 2. The van der Waals surface area contributed by atoms with Crippen LogP contribution in [0.1, 0.15) is 29.7 Å². The maximum Gasteiger partial charge on any atom is 0.224 e. The first-order valence-corrected chi connectivity index (χ1v) is 7.36. The summed E-state index contributed by atoms with van der Waals surface area (Å²) in [6.07, 6.45) is 0.406. The second-order valence-electron chi connectivity index (χ2n) is 5.22. The normalized spacial score (nSPS) is 12.0. The van der Waals surface area contributed by atoms with E-state index in [1.54, 1.807) is 0 Å². The van der Waals surface area contributed by atoms with Gasteiger partial charge in [0.25, 0.3) is 0 Å². The first kappa shape index (κ1) is 16.2. The van der Waals surface area contributed by atoms with Crippen molar-refractivity contribution in [2.75, 3.05) is 6.54 Å². The molecule has 0 aliphatic heterocycles. The van der Waals surface area contributed by atoms with E-state index >= 15 is 0 Å². The third kappa shape index (κ3) is 4.67. The van der Waals surface area contributed by atoms with Crippen molar-refractivity contribution >= 4 is 5.91 Å². The number of aliphatic hydroxyl groups excluding tert-OH is 1. The van der Waals surface area contributed by atoms with E-state index in [1.807, 2.05) is 24.3 Å². The van der Waals surface area contributed by atoms with Crippen molar-refractivity contribution in [3.63, 3.8) is 0 Å². The average Bonchev–Trinajstić information content (AvgIpc) is 2.54. The van der Waals surface area contributed by atoms with Gasteiger partial charge in [0, 0.05) is 6.54 Å². The summed E-state index contributed by atoms with van der Waals surface area (Å²) in [5, 5.41) is 12.6. The van der Waals surface area contributed by atoms with Crippen LogP contribution in [-0.2, 0) is 17.6 Å². The zero-order valence-corrected chi connectivity index (χ0v) is 12.6. The molecule has 2 rings (SSSR count). The molecule has 0 radical (unpaired) electrons. The molecule has 0 saturated heterocycles. The minimum absolute atomic E-state index is 0.109. The summed E-state index contributed by atoms with van der Waals surface area (Å²) in [5.74, 6) is -0.499. The molecule has 2 N–H and O–H groups in total. The Hall–Kier alpha value is -2.20. The van der Waals surface area contributed by atoms with E-state index in [4.69, 9.17) is 0 Å². The quantitative estimate of drug-likeness (QED) is 0.862. The number of carbonyl (C=O) groups is 1. The molecule has 1 amide bonds. The molecule has 2 aromatic rings. The second kappa shape index (κ2) is 7.71. The van der Waals surface area contributed by atoms with Crippen molar-refractivity contribution in [3.8, 4) is 0 Å². The van der Waals surface area contributed by atoms with Crippen LogP contribution in [0.25, 0.3) is 0 Å². The summed E-state index contributed by atoms with van der Waals surface area (Å²) in [5.41, 5.74) is 2.75. The monoisotopic (exact) mass is 301 g/mol. The first-order chi connectivity index (χ1) is 10.6. The number of aryl methyl sites for hydroxylation is 1. The maximum absolute atomic E-state index is 12.8. The lowest BCUT2D eigenvalue weighted by Gasteiger charge is -2.12. The Balaban J connectivity index is 1.82. The van der Waals surface area contributed by atoms with Crippen molar-refractivity contribution < 1.29 is 14.3 Å². The molecule has 3 nitrogen and oxygen atoms in total. The average molecular weight is 301 g/mol. The van der Waals surface area contributed by atoms with Crippen LogP contribution in [0, 0.1) is 5.82 Å². The number of nitrogens with one attached hydrogen (secondary N) is 1. The minimum Gasteiger partial charge on any atom is -0.387 e. The van der Waals surface area contributed by atoms with Gasteiger partial charge in [-0.05, 0) is 35.2 Å². The molecule has 1 unspecified atom stereocenters. The van der Waals surface area contributed by atoms with E-state index in [0.29, 0.717) is 5.56 Å². The highest BCUT2D eigenvalue weighted by molar-refractivity contribution is 5.78. The van der Waals surface area contributed by atoms with E-state index < -0.39 is 6.10 Å². The van der Waals surface area contributed by atoms with Crippen molar-refractivity contribution in [2.24, 2.45) is 0 Å². The molecule has 0 aromatic heterocycles. The molecule has 0 spiro atoms. The van der Waals surface area contributed by atoms with Crippen molar-refractivity contribution in [1.29, 1.82) is 0 Å². The standard InChI is InChI=1S/C18H20FNO2/c1-2-13-3-5-14(6-4-13)11-18(22)20-12-17(21)15-7-9-16(19)10-8-15/h3-10,17,21H,2,11-12H2,1H3,(H,20,22). The summed E-state index contributed by atoms with van der Waals surface area (Å²) < 4.78 is 12.8. The summed E-state index contributed by atoms with van der Waals surface area (Å²) in [4.78, 5) is 11.9. The molecule has 116 valence electrons. The number of hydrogen-bond acceptors (Lipinski definition) is 2. The molecule has 0 bridgehead atoms. The summed E-state index contributed by atoms with van der Waals surface area (Å²) in [6, 6.07) is 13.5. The molecular formula is C18H20FNO2. The van der Waals surface area contributed by atoms with Gasteiger partial charge in [-0.3, -0.25) is 4.79 Å². The molecule has 22 heavy (non-hydrogen) atoms. The summed E-state index contributed by atoms with van der Waals surface area (Å²) >= 11 is 0. The van der Waals surface area contributed by atoms with E-state index in [2.05, 4.69) is 12.2 Å². The molecule has 0 aliphatic rings. The smallest absolute Gasteiger partial charge is 0.224 e. The van der Waals surface area contributed by atoms with Crippen LogP contribution < -0.4 is 5.32 Å². The Labute approximate surface area is 129 Å². The van der Waals surface area contributed by atoms with Gasteiger partial charge in [0.15, 0.2) is 0 Å². The first-order valence-electron chi connectivity index (χ1n) is 7.36. The van der Waals surface area contributed by atoms with Gasteiger partial charge in [0.2, 0.25) is 5.91 Å². The Kier molecular flexibility index (Phi) is 5.67. The van der Waals surface area contributed by atoms with Gasteiger partial charge in [-0.25, -0.2) is 4.39 Å². The summed E-state index contributed by atoms with van der Waals surface area (Å²) in [7, 11) is 0. The van der Waals surface area contributed by atoms with Gasteiger partial charge in [0.05, 0.1) is 12.5 Å². The topological polar surface area (TPSA) is 49.3 Å². The Bertz CT molecular complexity index is 608. The van der Waals surface area contributed by atoms with Gasteiger partial charge in [-0.2, -0.15) is 0 Å². The van der Waals surface area contributed by atoms with Crippen LogP contribution in [0.4, 0.5) is 4.39 Å². The van der Waals surface area contributed by atoms with Crippen LogP contribution in [0.2, 0.25) is 0 Å². The van der Waals surface area contributed by atoms with Gasteiger partial charge < -0.3 is 10.4 Å². The molecule has 0 fully saturated rings. The van der Waals surface area contributed by atoms with E-state index in [9.17, 15) is 14.3 Å². The fourth-order valence-corrected chi connectivity index (χ4v) is 2.15. The molecule has 0 heterocycles. The largest absolute Gasteiger partial charge is 0.387 e. The number of benzene rings is 2. The third-order valence-corrected chi connectivity index (χ3v) is 3.54. The van der Waals surface area contributed by atoms with Crippen LogP contribution >= 0.6 is 0 Å². The molecule has 0 saturated carbocycles. The number of halogens is 1. The van der Waals surface area contributed by atoms with Crippen LogP contribution in [0.3, 0.4) is 0 Å².